The van der Waals surface area contributed by atoms with Crippen LogP contribution in [0.5, 0.6) is 0 Å². The Morgan fingerprint density at radius 3 is 2.88 bits per heavy atom. The Hall–Kier alpha value is -1.89. The number of pyridine rings is 1. The first-order valence-corrected chi connectivity index (χ1v) is 4.75. The van der Waals surface area contributed by atoms with Gasteiger partial charge in [0.15, 0.2) is 5.49 Å². The van der Waals surface area contributed by atoms with Crippen molar-refractivity contribution in [3.05, 3.63) is 33.4 Å². The summed E-state index contributed by atoms with van der Waals surface area (Å²) in [6, 6.07) is 1.21. The fraction of sp³-hybridized carbons (Fsp3) is 0.444. The number of hydrogen-bond acceptors (Lipinski definition) is 5. The fourth-order valence-corrected chi connectivity index (χ4v) is 1.27. The maximum Gasteiger partial charge on any atom is 0.277 e. The van der Waals surface area contributed by atoms with Crippen molar-refractivity contribution in [3.8, 4) is 0 Å². The molecule has 0 amide bonds. The lowest BCUT2D eigenvalue weighted by Gasteiger charge is -2.02. The topological polar surface area (TPSA) is 101 Å². The zero-order valence-electron chi connectivity index (χ0n) is 8.83. The number of rotatable bonds is 4. The molecular weight excluding hydrogens is 214 g/mol. The number of aliphatic hydroxyl groups excluding tert-OH is 1. The second kappa shape index (κ2) is 5.26. The monoisotopic (exact) mass is 227 g/mol. The second-order valence-electron chi connectivity index (χ2n) is 3.21. The van der Waals surface area contributed by atoms with E-state index in [1.807, 2.05) is 0 Å². The van der Waals surface area contributed by atoms with E-state index in [0.717, 1.165) is 4.73 Å². The number of aromatic nitrogens is 1. The van der Waals surface area contributed by atoms with E-state index in [1.54, 1.807) is 0 Å². The normalized spacial score (nSPS) is 11.8. The molecular formula is C9H13N3O4. The van der Waals surface area contributed by atoms with Crippen molar-refractivity contribution in [2.24, 2.45) is 4.99 Å². The van der Waals surface area contributed by atoms with Crippen LogP contribution in [0.3, 0.4) is 0 Å². The molecule has 7 heteroatoms. The van der Waals surface area contributed by atoms with Crippen molar-refractivity contribution in [1.29, 1.82) is 0 Å². The Bertz CT molecular complexity index is 453. The number of hydrogen-bond donors (Lipinski definition) is 2. The smallest absolute Gasteiger partial charge is 0.277 e. The van der Waals surface area contributed by atoms with Crippen LogP contribution >= 0.6 is 0 Å². The van der Waals surface area contributed by atoms with Crippen molar-refractivity contribution < 1.29 is 15.2 Å². The minimum Gasteiger partial charge on any atom is -0.427 e. The first-order valence-electron chi connectivity index (χ1n) is 4.75. The van der Waals surface area contributed by atoms with E-state index >= 15 is 0 Å². The third kappa shape index (κ3) is 2.57. The van der Waals surface area contributed by atoms with E-state index in [2.05, 4.69) is 4.99 Å². The third-order valence-electron chi connectivity index (χ3n) is 2.08. The molecule has 0 aliphatic heterocycles. The summed E-state index contributed by atoms with van der Waals surface area (Å²) in [5.41, 5.74) is 0.351. The van der Waals surface area contributed by atoms with Crippen molar-refractivity contribution in [2.45, 2.75) is 13.3 Å². The van der Waals surface area contributed by atoms with Gasteiger partial charge < -0.3 is 10.3 Å². The summed E-state index contributed by atoms with van der Waals surface area (Å²) in [7, 11) is 0. The minimum absolute atomic E-state index is 0.0110. The summed E-state index contributed by atoms with van der Waals surface area (Å²) in [5.74, 6) is 0. The first-order chi connectivity index (χ1) is 7.57. The number of nitrogens with zero attached hydrogens (tertiary/aromatic N) is 3. The van der Waals surface area contributed by atoms with E-state index < -0.39 is 4.92 Å². The molecule has 0 atom stereocenters. The van der Waals surface area contributed by atoms with Gasteiger partial charge in [0.2, 0.25) is 0 Å². The lowest BCUT2D eigenvalue weighted by molar-refractivity contribution is -0.385. The van der Waals surface area contributed by atoms with Crippen molar-refractivity contribution in [1.82, 2.24) is 4.73 Å². The zero-order chi connectivity index (χ0) is 12.1. The van der Waals surface area contributed by atoms with Crippen LogP contribution in [0.1, 0.15) is 12.0 Å². The Morgan fingerprint density at radius 2 is 2.31 bits per heavy atom. The molecule has 0 bridgehead atoms. The zero-order valence-corrected chi connectivity index (χ0v) is 8.83. The van der Waals surface area contributed by atoms with Crippen LogP contribution in [-0.4, -0.2) is 33.1 Å². The molecule has 0 radical (unpaired) electrons. The molecule has 1 aromatic rings. The molecule has 0 fully saturated rings. The van der Waals surface area contributed by atoms with Crippen LogP contribution < -0.4 is 5.49 Å². The molecule has 0 aliphatic carbocycles. The Labute approximate surface area is 91.4 Å². The third-order valence-corrected chi connectivity index (χ3v) is 2.08. The molecule has 0 aromatic carbocycles. The van der Waals surface area contributed by atoms with Gasteiger partial charge in [-0.3, -0.25) is 15.1 Å². The molecule has 1 heterocycles. The molecule has 0 saturated carbocycles. The van der Waals surface area contributed by atoms with Gasteiger partial charge in [0.05, 0.1) is 16.7 Å². The molecule has 2 N–H and O–H groups in total. The van der Waals surface area contributed by atoms with Gasteiger partial charge in [-0.25, -0.2) is 0 Å². The molecule has 0 aliphatic rings. The summed E-state index contributed by atoms with van der Waals surface area (Å²) in [6.07, 6.45) is 1.62. The molecule has 1 aromatic heterocycles. The summed E-state index contributed by atoms with van der Waals surface area (Å²) in [6.45, 7) is 1.81. The Morgan fingerprint density at radius 1 is 1.62 bits per heavy atom. The largest absolute Gasteiger partial charge is 0.427 e. The van der Waals surface area contributed by atoms with Gasteiger partial charge >= 0.3 is 0 Å². The van der Waals surface area contributed by atoms with Crippen LogP contribution in [0.4, 0.5) is 5.69 Å². The van der Waals surface area contributed by atoms with Gasteiger partial charge in [-0.2, -0.15) is 4.73 Å². The fourth-order valence-electron chi connectivity index (χ4n) is 1.27. The molecule has 1 rings (SSSR count). The van der Waals surface area contributed by atoms with E-state index in [1.165, 1.54) is 19.2 Å². The summed E-state index contributed by atoms with van der Waals surface area (Å²) in [5, 5.41) is 28.7. The molecule has 0 spiro atoms. The van der Waals surface area contributed by atoms with Gasteiger partial charge in [-0.1, -0.05) is 0 Å². The lowest BCUT2D eigenvalue weighted by Crippen LogP contribution is -2.23. The van der Waals surface area contributed by atoms with Crippen LogP contribution in [0.2, 0.25) is 0 Å². The highest BCUT2D eigenvalue weighted by molar-refractivity contribution is 5.35. The number of nitro groups is 1. The standard InChI is InChI=1S/C9H13N3O4/c1-7-8(12(15)16)3-5-11(14)9(7)10-4-2-6-13/h3,5,13-14H,2,4,6H2,1H3. The highest BCUT2D eigenvalue weighted by atomic mass is 16.6. The van der Waals surface area contributed by atoms with Crippen molar-refractivity contribution >= 4 is 5.69 Å². The van der Waals surface area contributed by atoms with Crippen LogP contribution in [0.15, 0.2) is 17.3 Å². The molecule has 16 heavy (non-hydrogen) atoms. The highest BCUT2D eigenvalue weighted by Gasteiger charge is 2.13. The highest BCUT2D eigenvalue weighted by Crippen LogP contribution is 2.11. The number of aliphatic hydroxyl groups is 1. The van der Waals surface area contributed by atoms with Crippen LogP contribution in [-0.2, 0) is 0 Å². The van der Waals surface area contributed by atoms with E-state index in [9.17, 15) is 15.3 Å². The molecule has 88 valence electrons. The summed E-state index contributed by atoms with van der Waals surface area (Å²) in [4.78, 5) is 14.1. The van der Waals surface area contributed by atoms with Crippen LogP contribution in [0.25, 0.3) is 0 Å². The average molecular weight is 227 g/mol. The minimum atomic E-state index is -0.527. The summed E-state index contributed by atoms with van der Waals surface area (Å²) >= 11 is 0. The van der Waals surface area contributed by atoms with Gasteiger partial charge in [-0.15, -0.1) is 0 Å². The molecule has 7 nitrogen and oxygen atoms in total. The van der Waals surface area contributed by atoms with Crippen molar-refractivity contribution in [3.63, 3.8) is 0 Å². The van der Waals surface area contributed by atoms with Gasteiger partial charge in [0, 0.05) is 19.2 Å². The maximum absolute atomic E-state index is 10.6. The van der Waals surface area contributed by atoms with Crippen LogP contribution in [0, 0.1) is 17.0 Å². The van der Waals surface area contributed by atoms with Crippen molar-refractivity contribution in [2.75, 3.05) is 13.2 Å². The lowest BCUT2D eigenvalue weighted by atomic mass is 10.2. The van der Waals surface area contributed by atoms with E-state index in [0.29, 0.717) is 18.5 Å². The average Bonchev–Trinajstić information content (AvgIpc) is 2.22. The predicted molar refractivity (Wildman–Crippen MR) is 55.1 cm³/mol. The SMILES string of the molecule is Cc1c([N+](=O)[O-])ccn(O)c1=NCCCO. The predicted octanol–water partition coefficient (Wildman–Crippen LogP) is 0.225. The van der Waals surface area contributed by atoms with E-state index in [4.69, 9.17) is 5.11 Å². The Balaban J connectivity index is 3.21. The van der Waals surface area contributed by atoms with Gasteiger partial charge in [0.25, 0.3) is 5.69 Å². The Kier molecular flexibility index (Phi) is 4.01. The van der Waals surface area contributed by atoms with E-state index in [-0.39, 0.29) is 17.8 Å². The second-order valence-corrected chi connectivity index (χ2v) is 3.21. The quantitative estimate of drug-likeness (QED) is 0.332. The first kappa shape index (κ1) is 12.2. The molecule has 0 saturated heterocycles. The molecule has 0 unspecified atom stereocenters. The summed E-state index contributed by atoms with van der Waals surface area (Å²) < 4.78 is 0.736. The van der Waals surface area contributed by atoms with Gasteiger partial charge in [0.1, 0.15) is 0 Å². The maximum atomic E-state index is 10.6. The van der Waals surface area contributed by atoms with Gasteiger partial charge in [-0.05, 0) is 13.3 Å².